The predicted molar refractivity (Wildman–Crippen MR) is 98.7 cm³/mol. The minimum Gasteiger partial charge on any atom is -0.341 e. The summed E-state index contributed by atoms with van der Waals surface area (Å²) < 4.78 is 2.77. The summed E-state index contributed by atoms with van der Waals surface area (Å²) in [5, 5.41) is 4.47. The van der Waals surface area contributed by atoms with E-state index in [2.05, 4.69) is 59.7 Å². The second kappa shape index (κ2) is 6.33. The molecular weight excluding hydrogens is 382 g/mol. The maximum absolute atomic E-state index is 4.63. The molecule has 3 aromatic rings. The fourth-order valence-corrected chi connectivity index (χ4v) is 3.75. The molecule has 0 aromatic carbocycles. The smallest absolute Gasteiger partial charge is 0.252 e. The Kier molecular flexibility index (Phi) is 4.15. The summed E-state index contributed by atoms with van der Waals surface area (Å²) in [5.41, 5.74) is 3.47. The normalized spacial score (nSPS) is 17.6. The number of aryl methyl sites for hydroxylation is 3. The van der Waals surface area contributed by atoms with Crippen LogP contribution in [0.2, 0.25) is 0 Å². The van der Waals surface area contributed by atoms with Gasteiger partial charge in [0.2, 0.25) is 5.95 Å². The second-order valence-electron chi connectivity index (χ2n) is 6.64. The van der Waals surface area contributed by atoms with E-state index in [4.69, 9.17) is 0 Å². The minimum atomic E-state index is 0.563. The van der Waals surface area contributed by atoms with E-state index in [9.17, 15) is 0 Å². The highest BCUT2D eigenvalue weighted by Crippen LogP contribution is 2.26. The number of rotatable bonds is 3. The Balaban J connectivity index is 1.55. The number of anilines is 1. The van der Waals surface area contributed by atoms with E-state index in [0.29, 0.717) is 11.7 Å². The van der Waals surface area contributed by atoms with E-state index in [1.807, 2.05) is 11.4 Å². The number of hydrogen-bond acceptors (Lipinski definition) is 6. The molecule has 3 aromatic heterocycles. The summed E-state index contributed by atoms with van der Waals surface area (Å²) in [4.78, 5) is 20.1. The van der Waals surface area contributed by atoms with Gasteiger partial charge in [0.05, 0.1) is 4.47 Å². The SMILES string of the molecule is Cc1nc2nc(C)c(C[C@@H]3CCN(c4ncc(Br)cn4)C3)c(C)n2n1. The van der Waals surface area contributed by atoms with Gasteiger partial charge in [-0.05, 0) is 61.0 Å². The zero-order valence-corrected chi connectivity index (χ0v) is 16.2. The van der Waals surface area contributed by atoms with Crippen molar-refractivity contribution in [2.45, 2.75) is 33.6 Å². The standard InChI is InChI=1S/C17H20BrN7/c1-10-15(11(2)25-17(21-10)22-12(3)23-25)6-13-4-5-24(9-13)16-19-7-14(18)8-20-16/h7-8,13H,4-6,9H2,1-3H3/t13-/m0/s1. The van der Waals surface area contributed by atoms with Gasteiger partial charge in [0.1, 0.15) is 5.82 Å². The third kappa shape index (κ3) is 3.10. The highest BCUT2D eigenvalue weighted by atomic mass is 79.9. The van der Waals surface area contributed by atoms with Crippen LogP contribution in [0.5, 0.6) is 0 Å². The van der Waals surface area contributed by atoms with Gasteiger partial charge in [-0.1, -0.05) is 0 Å². The van der Waals surface area contributed by atoms with Crippen molar-refractivity contribution in [1.82, 2.24) is 29.5 Å². The average Bonchev–Trinajstić information content (AvgIpc) is 3.18. The van der Waals surface area contributed by atoms with Crippen molar-refractivity contribution in [3.8, 4) is 0 Å². The van der Waals surface area contributed by atoms with Gasteiger partial charge in [-0.25, -0.2) is 19.5 Å². The molecule has 0 saturated carbocycles. The van der Waals surface area contributed by atoms with E-state index in [1.165, 1.54) is 5.56 Å². The van der Waals surface area contributed by atoms with Crippen molar-refractivity contribution in [1.29, 1.82) is 0 Å². The van der Waals surface area contributed by atoms with Crippen LogP contribution in [0.25, 0.3) is 5.78 Å². The van der Waals surface area contributed by atoms with E-state index < -0.39 is 0 Å². The third-order valence-electron chi connectivity index (χ3n) is 4.82. The average molecular weight is 402 g/mol. The lowest BCUT2D eigenvalue weighted by Crippen LogP contribution is -2.22. The van der Waals surface area contributed by atoms with Crippen LogP contribution < -0.4 is 4.90 Å². The molecule has 0 aliphatic carbocycles. The number of hydrogen-bond donors (Lipinski definition) is 0. The quantitative estimate of drug-likeness (QED) is 0.671. The molecular formula is C17H20BrN7. The lowest BCUT2D eigenvalue weighted by atomic mass is 9.96. The minimum absolute atomic E-state index is 0.563. The van der Waals surface area contributed by atoms with Crippen molar-refractivity contribution in [2.24, 2.45) is 5.92 Å². The number of halogens is 1. The van der Waals surface area contributed by atoms with Gasteiger partial charge >= 0.3 is 0 Å². The third-order valence-corrected chi connectivity index (χ3v) is 5.23. The molecule has 4 rings (SSSR count). The van der Waals surface area contributed by atoms with Crippen molar-refractivity contribution >= 4 is 27.7 Å². The van der Waals surface area contributed by atoms with E-state index in [0.717, 1.165) is 53.6 Å². The van der Waals surface area contributed by atoms with Gasteiger partial charge in [0.15, 0.2) is 0 Å². The highest BCUT2D eigenvalue weighted by molar-refractivity contribution is 9.10. The fourth-order valence-electron chi connectivity index (χ4n) is 3.54. The molecule has 1 fully saturated rings. The van der Waals surface area contributed by atoms with Gasteiger partial charge in [-0.2, -0.15) is 10.1 Å². The monoisotopic (exact) mass is 401 g/mol. The van der Waals surface area contributed by atoms with Crippen LogP contribution in [0, 0.1) is 26.7 Å². The van der Waals surface area contributed by atoms with Crippen molar-refractivity contribution in [3.05, 3.63) is 39.6 Å². The molecule has 0 N–H and O–H groups in total. The van der Waals surface area contributed by atoms with E-state index in [-0.39, 0.29) is 0 Å². The topological polar surface area (TPSA) is 72.1 Å². The van der Waals surface area contributed by atoms with Crippen LogP contribution >= 0.6 is 15.9 Å². The Labute approximate surface area is 154 Å². The summed E-state index contributed by atoms with van der Waals surface area (Å²) in [6.45, 7) is 8.03. The molecule has 0 unspecified atom stereocenters. The van der Waals surface area contributed by atoms with Crippen LogP contribution in [0.15, 0.2) is 16.9 Å². The van der Waals surface area contributed by atoms with Crippen LogP contribution in [0.4, 0.5) is 5.95 Å². The molecule has 1 atom stereocenters. The zero-order chi connectivity index (χ0) is 17.6. The molecule has 7 nitrogen and oxygen atoms in total. The first-order chi connectivity index (χ1) is 12.0. The molecule has 130 valence electrons. The first kappa shape index (κ1) is 16.4. The first-order valence-corrected chi connectivity index (χ1v) is 9.22. The molecule has 25 heavy (non-hydrogen) atoms. The number of fused-ring (bicyclic) bond motifs is 1. The Morgan fingerprint density at radius 3 is 2.68 bits per heavy atom. The van der Waals surface area contributed by atoms with Crippen LogP contribution in [-0.4, -0.2) is 42.6 Å². The Hall–Kier alpha value is -2.09. The molecule has 1 saturated heterocycles. The van der Waals surface area contributed by atoms with Gasteiger partial charge in [-0.3, -0.25) is 0 Å². The van der Waals surface area contributed by atoms with Gasteiger partial charge < -0.3 is 4.90 Å². The second-order valence-corrected chi connectivity index (χ2v) is 7.55. The van der Waals surface area contributed by atoms with Crippen LogP contribution in [0.3, 0.4) is 0 Å². The van der Waals surface area contributed by atoms with Crippen molar-refractivity contribution in [2.75, 3.05) is 18.0 Å². The van der Waals surface area contributed by atoms with E-state index >= 15 is 0 Å². The summed E-state index contributed by atoms with van der Waals surface area (Å²) in [6, 6.07) is 0. The lowest BCUT2D eigenvalue weighted by molar-refractivity contribution is 0.576. The fraction of sp³-hybridized carbons (Fsp3) is 0.471. The highest BCUT2D eigenvalue weighted by Gasteiger charge is 2.26. The summed E-state index contributed by atoms with van der Waals surface area (Å²) in [5.74, 6) is 2.81. The lowest BCUT2D eigenvalue weighted by Gasteiger charge is -2.17. The zero-order valence-electron chi connectivity index (χ0n) is 14.6. The van der Waals surface area contributed by atoms with Gasteiger partial charge in [0, 0.05) is 36.9 Å². The summed E-state index contributed by atoms with van der Waals surface area (Å²) in [6.07, 6.45) is 5.73. The van der Waals surface area contributed by atoms with Crippen LogP contribution in [0.1, 0.15) is 29.2 Å². The molecule has 0 amide bonds. The molecule has 8 heteroatoms. The summed E-state index contributed by atoms with van der Waals surface area (Å²) in [7, 11) is 0. The van der Waals surface area contributed by atoms with Crippen LogP contribution in [-0.2, 0) is 6.42 Å². The maximum Gasteiger partial charge on any atom is 0.252 e. The molecule has 1 aliphatic heterocycles. The van der Waals surface area contributed by atoms with Crippen molar-refractivity contribution < 1.29 is 0 Å². The predicted octanol–water partition coefficient (Wildman–Crippen LogP) is 2.67. The molecule has 4 heterocycles. The number of aromatic nitrogens is 6. The molecule has 0 spiro atoms. The Morgan fingerprint density at radius 2 is 1.92 bits per heavy atom. The number of nitrogens with zero attached hydrogens (tertiary/aromatic N) is 7. The molecule has 0 bridgehead atoms. The maximum atomic E-state index is 4.63. The molecule has 0 radical (unpaired) electrons. The Morgan fingerprint density at radius 1 is 1.16 bits per heavy atom. The largest absolute Gasteiger partial charge is 0.341 e. The summed E-state index contributed by atoms with van der Waals surface area (Å²) >= 11 is 3.38. The van der Waals surface area contributed by atoms with E-state index in [1.54, 1.807) is 12.4 Å². The van der Waals surface area contributed by atoms with Crippen molar-refractivity contribution in [3.63, 3.8) is 0 Å². The Bertz CT molecular complexity index is 919. The molecule has 1 aliphatic rings. The van der Waals surface area contributed by atoms with Gasteiger partial charge in [0.25, 0.3) is 5.78 Å². The first-order valence-electron chi connectivity index (χ1n) is 8.43. The van der Waals surface area contributed by atoms with Gasteiger partial charge in [-0.15, -0.1) is 0 Å².